The van der Waals surface area contributed by atoms with Gasteiger partial charge in [-0.15, -0.1) is 0 Å². The molecule has 0 aliphatic carbocycles. The maximum atomic E-state index is 12.6. The molecule has 0 bridgehead atoms. The van der Waals surface area contributed by atoms with E-state index in [1.54, 1.807) is 30.3 Å². The van der Waals surface area contributed by atoms with Crippen molar-refractivity contribution in [3.8, 4) is 11.5 Å². The second-order valence-electron chi connectivity index (χ2n) is 5.56. The lowest BCUT2D eigenvalue weighted by Crippen LogP contribution is -2.15. The first-order valence-electron chi connectivity index (χ1n) is 7.88. The first kappa shape index (κ1) is 20.3. The zero-order chi connectivity index (χ0) is 19.3. The van der Waals surface area contributed by atoms with Crippen LogP contribution in [-0.2, 0) is 9.84 Å². The maximum Gasteiger partial charge on any atom is 0.255 e. The van der Waals surface area contributed by atoms with E-state index in [4.69, 9.17) is 9.47 Å². The average molecular weight is 442 g/mol. The first-order chi connectivity index (χ1) is 12.3. The van der Waals surface area contributed by atoms with Gasteiger partial charge in [-0.2, -0.15) is 0 Å². The van der Waals surface area contributed by atoms with E-state index >= 15 is 0 Å². The molecule has 0 aliphatic heterocycles. The van der Waals surface area contributed by atoms with Crippen LogP contribution in [0.3, 0.4) is 0 Å². The van der Waals surface area contributed by atoms with Crippen LogP contribution in [0.4, 0.5) is 5.69 Å². The number of sulfone groups is 1. The third-order valence-corrected chi connectivity index (χ3v) is 5.22. The van der Waals surface area contributed by atoms with Crippen molar-refractivity contribution in [3.63, 3.8) is 0 Å². The highest BCUT2D eigenvalue weighted by Gasteiger charge is 2.18. The lowest BCUT2D eigenvalue weighted by atomic mass is 10.1. The molecule has 8 heteroatoms. The van der Waals surface area contributed by atoms with Crippen molar-refractivity contribution in [1.29, 1.82) is 0 Å². The summed E-state index contributed by atoms with van der Waals surface area (Å²) in [6, 6.07) is 9.40. The molecule has 2 aromatic rings. The van der Waals surface area contributed by atoms with Crippen molar-refractivity contribution >= 4 is 37.4 Å². The third-order valence-electron chi connectivity index (χ3n) is 3.48. The number of carbonyl (C=O) groups excluding carboxylic acids is 1. The predicted molar refractivity (Wildman–Crippen MR) is 104 cm³/mol. The molecule has 0 fully saturated rings. The van der Waals surface area contributed by atoms with Crippen molar-refractivity contribution in [2.75, 3.05) is 25.3 Å². The number of carbonyl (C=O) groups is 1. The third kappa shape index (κ3) is 4.76. The summed E-state index contributed by atoms with van der Waals surface area (Å²) < 4.78 is 35.3. The minimum absolute atomic E-state index is 0.0577. The Morgan fingerprint density at radius 3 is 2.54 bits per heavy atom. The smallest absolute Gasteiger partial charge is 0.255 e. The zero-order valence-corrected chi connectivity index (χ0v) is 17.1. The minimum Gasteiger partial charge on any atom is -0.493 e. The summed E-state index contributed by atoms with van der Waals surface area (Å²) in [7, 11) is -1.98. The Kier molecular flexibility index (Phi) is 6.66. The molecule has 0 atom stereocenters. The molecule has 0 heterocycles. The number of para-hydroxylation sites is 1. The Bertz CT molecular complexity index is 912. The Hall–Kier alpha value is -2.06. The van der Waals surface area contributed by atoms with Crippen LogP contribution in [-0.4, -0.2) is 34.3 Å². The van der Waals surface area contributed by atoms with Crippen LogP contribution in [0.15, 0.2) is 45.8 Å². The van der Waals surface area contributed by atoms with Crippen LogP contribution in [0, 0.1) is 0 Å². The Morgan fingerprint density at radius 2 is 1.92 bits per heavy atom. The predicted octanol–water partition coefficient (Wildman–Crippen LogP) is 3.90. The summed E-state index contributed by atoms with van der Waals surface area (Å²) in [4.78, 5) is 12.7. The van der Waals surface area contributed by atoms with Crippen LogP contribution in [0.25, 0.3) is 0 Å². The number of benzene rings is 2. The number of nitrogens with one attached hydrogen (secondary N) is 1. The number of hydrogen-bond donors (Lipinski definition) is 1. The van der Waals surface area contributed by atoms with E-state index in [1.165, 1.54) is 13.2 Å². The largest absolute Gasteiger partial charge is 0.493 e. The molecule has 0 radical (unpaired) electrons. The molecule has 1 amide bonds. The Labute approximate surface area is 161 Å². The van der Waals surface area contributed by atoms with Gasteiger partial charge in [0.05, 0.1) is 28.8 Å². The molecule has 2 rings (SSSR count). The molecule has 140 valence electrons. The lowest BCUT2D eigenvalue weighted by molar-refractivity contribution is 0.102. The van der Waals surface area contributed by atoms with Crippen LogP contribution in [0.2, 0.25) is 0 Å². The summed E-state index contributed by atoms with van der Waals surface area (Å²) >= 11 is 3.39. The average Bonchev–Trinajstić information content (AvgIpc) is 2.59. The zero-order valence-electron chi connectivity index (χ0n) is 14.7. The Balaban J connectivity index is 2.36. The van der Waals surface area contributed by atoms with Crippen molar-refractivity contribution in [3.05, 3.63) is 46.4 Å². The molecule has 0 saturated carbocycles. The molecular weight excluding hydrogens is 422 g/mol. The molecule has 0 aromatic heterocycles. The molecule has 0 unspecified atom stereocenters. The van der Waals surface area contributed by atoms with Crippen molar-refractivity contribution in [1.82, 2.24) is 0 Å². The molecule has 0 aliphatic rings. The van der Waals surface area contributed by atoms with Gasteiger partial charge >= 0.3 is 0 Å². The molecule has 1 N–H and O–H groups in total. The molecule has 0 spiro atoms. The maximum absolute atomic E-state index is 12.6. The van der Waals surface area contributed by atoms with Gasteiger partial charge in [0.15, 0.2) is 21.3 Å². The van der Waals surface area contributed by atoms with Gasteiger partial charge in [0, 0.05) is 11.8 Å². The van der Waals surface area contributed by atoms with Crippen molar-refractivity contribution in [2.24, 2.45) is 0 Å². The first-order valence-corrected chi connectivity index (χ1v) is 10.6. The number of halogens is 1. The SMILES string of the molecule is CCCOc1c(Br)cc(C(=O)Nc2ccccc2S(C)(=O)=O)cc1OC. The van der Waals surface area contributed by atoms with Gasteiger partial charge in [0.2, 0.25) is 0 Å². The van der Waals surface area contributed by atoms with Crippen LogP contribution < -0.4 is 14.8 Å². The van der Waals surface area contributed by atoms with Gasteiger partial charge in [0.25, 0.3) is 5.91 Å². The second-order valence-corrected chi connectivity index (χ2v) is 8.40. The number of rotatable bonds is 7. The van der Waals surface area contributed by atoms with E-state index in [2.05, 4.69) is 21.2 Å². The highest BCUT2D eigenvalue weighted by molar-refractivity contribution is 9.10. The Morgan fingerprint density at radius 1 is 1.23 bits per heavy atom. The number of methoxy groups -OCH3 is 1. The van der Waals surface area contributed by atoms with Gasteiger partial charge < -0.3 is 14.8 Å². The quantitative estimate of drug-likeness (QED) is 0.704. The van der Waals surface area contributed by atoms with Crippen molar-refractivity contribution in [2.45, 2.75) is 18.2 Å². The van der Waals surface area contributed by atoms with Gasteiger partial charge in [-0.05, 0) is 46.6 Å². The van der Waals surface area contributed by atoms with Crippen LogP contribution in [0.5, 0.6) is 11.5 Å². The summed E-state index contributed by atoms with van der Waals surface area (Å²) in [5.41, 5.74) is 0.530. The summed E-state index contributed by atoms with van der Waals surface area (Å²) in [5, 5.41) is 2.64. The molecule has 6 nitrogen and oxygen atoms in total. The summed E-state index contributed by atoms with van der Waals surface area (Å²) in [6.07, 6.45) is 1.93. The number of ether oxygens (including phenoxy) is 2. The highest BCUT2D eigenvalue weighted by atomic mass is 79.9. The van der Waals surface area contributed by atoms with Crippen LogP contribution in [0.1, 0.15) is 23.7 Å². The van der Waals surface area contributed by atoms with Crippen molar-refractivity contribution < 1.29 is 22.7 Å². The number of amides is 1. The van der Waals surface area contributed by atoms with Crippen LogP contribution >= 0.6 is 15.9 Å². The molecule has 2 aromatic carbocycles. The summed E-state index contributed by atoms with van der Waals surface area (Å²) in [6.45, 7) is 2.50. The van der Waals surface area contributed by atoms with E-state index in [-0.39, 0.29) is 10.6 Å². The molecular formula is C18H20BrNO5S. The summed E-state index contributed by atoms with van der Waals surface area (Å²) in [5.74, 6) is 0.471. The number of anilines is 1. The number of hydrogen-bond acceptors (Lipinski definition) is 5. The normalized spacial score (nSPS) is 11.1. The minimum atomic E-state index is -3.47. The van der Waals surface area contributed by atoms with Gasteiger partial charge in [0.1, 0.15) is 0 Å². The fourth-order valence-electron chi connectivity index (χ4n) is 2.28. The van der Waals surface area contributed by atoms with E-state index in [0.29, 0.717) is 28.1 Å². The van der Waals surface area contributed by atoms with E-state index in [9.17, 15) is 13.2 Å². The molecule has 26 heavy (non-hydrogen) atoms. The second kappa shape index (κ2) is 8.55. The highest BCUT2D eigenvalue weighted by Crippen LogP contribution is 2.37. The fraction of sp³-hybridized carbons (Fsp3) is 0.278. The fourth-order valence-corrected chi connectivity index (χ4v) is 3.68. The standard InChI is InChI=1S/C18H20BrNO5S/c1-4-9-25-17-13(19)10-12(11-15(17)24-2)18(21)20-14-7-5-6-8-16(14)26(3,22)23/h5-8,10-11H,4,9H2,1-3H3,(H,20,21). The van der Waals surface area contributed by atoms with E-state index in [0.717, 1.165) is 12.7 Å². The van der Waals surface area contributed by atoms with Gasteiger partial charge in [-0.1, -0.05) is 19.1 Å². The van der Waals surface area contributed by atoms with E-state index < -0.39 is 15.7 Å². The lowest BCUT2D eigenvalue weighted by Gasteiger charge is -2.14. The van der Waals surface area contributed by atoms with E-state index in [1.807, 2.05) is 6.92 Å². The van der Waals surface area contributed by atoms with Gasteiger partial charge in [-0.25, -0.2) is 8.42 Å². The topological polar surface area (TPSA) is 81.7 Å². The van der Waals surface area contributed by atoms with Gasteiger partial charge in [-0.3, -0.25) is 4.79 Å². The molecule has 0 saturated heterocycles. The monoisotopic (exact) mass is 441 g/mol.